The highest BCUT2D eigenvalue weighted by Crippen LogP contribution is 2.09. The minimum absolute atomic E-state index is 0.0753. The Morgan fingerprint density at radius 3 is 2.56 bits per heavy atom. The molecule has 1 saturated heterocycles. The molecule has 0 aromatic carbocycles. The number of aromatic nitrogens is 3. The second kappa shape index (κ2) is 9.27. The monoisotopic (exact) mass is 369 g/mol. The van der Waals surface area contributed by atoms with Gasteiger partial charge in [0, 0.05) is 64.9 Å². The average Bonchev–Trinajstić information content (AvgIpc) is 2.71. The Kier molecular flexibility index (Phi) is 6.54. The summed E-state index contributed by atoms with van der Waals surface area (Å²) in [6.07, 6.45) is 5.36. The molecule has 0 saturated carbocycles. The van der Waals surface area contributed by atoms with Crippen LogP contribution in [0.4, 0.5) is 10.7 Å². The Hall–Kier alpha value is -2.74. The van der Waals surface area contributed by atoms with Crippen LogP contribution in [0.3, 0.4) is 0 Å². The molecule has 0 spiro atoms. The predicted octanol–water partition coefficient (Wildman–Crippen LogP) is 1.14. The largest absolute Gasteiger partial charge is 0.338 e. The number of urea groups is 1. The minimum Gasteiger partial charge on any atom is -0.338 e. The standard InChI is InChI=1S/C19H27N7O/c1-16-4-5-17(23-14-16)15-24(2)19(27)22-8-9-25-10-12-26(13-11-25)18-20-6-3-7-21-18/h3-7,14H,8-13,15H2,1-2H3,(H,22,27). The van der Waals surface area contributed by atoms with Crippen LogP contribution in [0, 0.1) is 6.92 Å². The summed E-state index contributed by atoms with van der Waals surface area (Å²) in [6, 6.07) is 5.71. The number of anilines is 1. The quantitative estimate of drug-likeness (QED) is 0.823. The summed E-state index contributed by atoms with van der Waals surface area (Å²) in [5.41, 5.74) is 2.00. The topological polar surface area (TPSA) is 77.5 Å². The fourth-order valence-electron chi connectivity index (χ4n) is 2.99. The maximum absolute atomic E-state index is 12.2. The number of carbonyl (C=O) groups excluding carboxylic acids is 1. The van der Waals surface area contributed by atoms with Crippen LogP contribution < -0.4 is 10.2 Å². The van der Waals surface area contributed by atoms with Gasteiger partial charge in [0.2, 0.25) is 5.95 Å². The number of hydrogen-bond donors (Lipinski definition) is 1. The molecule has 1 N–H and O–H groups in total. The highest BCUT2D eigenvalue weighted by molar-refractivity contribution is 5.73. The normalized spacial score (nSPS) is 14.8. The highest BCUT2D eigenvalue weighted by atomic mass is 16.2. The van der Waals surface area contributed by atoms with E-state index in [0.29, 0.717) is 13.1 Å². The van der Waals surface area contributed by atoms with E-state index >= 15 is 0 Å². The van der Waals surface area contributed by atoms with Crippen molar-refractivity contribution in [3.05, 3.63) is 48.0 Å². The number of amides is 2. The molecule has 8 nitrogen and oxygen atoms in total. The molecule has 2 aromatic heterocycles. The van der Waals surface area contributed by atoms with E-state index in [0.717, 1.165) is 49.9 Å². The lowest BCUT2D eigenvalue weighted by Gasteiger charge is -2.34. The van der Waals surface area contributed by atoms with Gasteiger partial charge in [0.1, 0.15) is 0 Å². The molecule has 0 bridgehead atoms. The number of hydrogen-bond acceptors (Lipinski definition) is 6. The minimum atomic E-state index is -0.0753. The highest BCUT2D eigenvalue weighted by Gasteiger charge is 2.18. The van der Waals surface area contributed by atoms with Gasteiger partial charge >= 0.3 is 6.03 Å². The lowest BCUT2D eigenvalue weighted by Crippen LogP contribution is -2.49. The van der Waals surface area contributed by atoms with Gasteiger partial charge in [-0.25, -0.2) is 14.8 Å². The van der Waals surface area contributed by atoms with Crippen LogP contribution in [0.5, 0.6) is 0 Å². The van der Waals surface area contributed by atoms with Crippen molar-refractivity contribution in [1.82, 2.24) is 30.1 Å². The zero-order valence-corrected chi connectivity index (χ0v) is 16.0. The van der Waals surface area contributed by atoms with Gasteiger partial charge in [-0.1, -0.05) is 6.07 Å². The van der Waals surface area contributed by atoms with Gasteiger partial charge in [-0.05, 0) is 24.6 Å². The summed E-state index contributed by atoms with van der Waals surface area (Å²) < 4.78 is 0. The number of carbonyl (C=O) groups is 1. The summed E-state index contributed by atoms with van der Waals surface area (Å²) in [5, 5.41) is 2.98. The molecule has 3 heterocycles. The van der Waals surface area contributed by atoms with Crippen LogP contribution in [-0.4, -0.2) is 77.1 Å². The van der Waals surface area contributed by atoms with Crippen LogP contribution in [0.1, 0.15) is 11.3 Å². The van der Waals surface area contributed by atoms with E-state index < -0.39 is 0 Å². The number of nitrogens with one attached hydrogen (secondary N) is 1. The Labute approximate surface area is 160 Å². The van der Waals surface area contributed by atoms with Gasteiger partial charge in [-0.3, -0.25) is 9.88 Å². The van der Waals surface area contributed by atoms with E-state index in [1.807, 2.05) is 31.3 Å². The van der Waals surface area contributed by atoms with Crippen LogP contribution in [0.25, 0.3) is 0 Å². The molecule has 0 atom stereocenters. The maximum atomic E-state index is 12.2. The molecule has 1 fully saturated rings. The van der Waals surface area contributed by atoms with Gasteiger partial charge in [0.15, 0.2) is 0 Å². The number of piperazine rings is 1. The molecule has 2 aromatic rings. The first-order chi connectivity index (χ1) is 13.1. The molecule has 0 radical (unpaired) electrons. The van der Waals surface area contributed by atoms with Crippen molar-refractivity contribution in [3.8, 4) is 0 Å². The zero-order valence-electron chi connectivity index (χ0n) is 16.0. The van der Waals surface area contributed by atoms with Crippen molar-refractivity contribution in [1.29, 1.82) is 0 Å². The third kappa shape index (κ3) is 5.62. The Balaban J connectivity index is 1.35. The second-order valence-electron chi connectivity index (χ2n) is 6.79. The summed E-state index contributed by atoms with van der Waals surface area (Å²) in [5.74, 6) is 0.789. The van der Waals surface area contributed by atoms with Crippen molar-refractivity contribution in [2.75, 3.05) is 51.2 Å². The number of rotatable bonds is 6. The smallest absolute Gasteiger partial charge is 0.317 e. The van der Waals surface area contributed by atoms with Crippen molar-refractivity contribution in [2.45, 2.75) is 13.5 Å². The van der Waals surface area contributed by atoms with E-state index in [1.165, 1.54) is 0 Å². The third-order valence-electron chi connectivity index (χ3n) is 4.63. The summed E-state index contributed by atoms with van der Waals surface area (Å²) >= 11 is 0. The number of nitrogens with zero attached hydrogens (tertiary/aromatic N) is 6. The van der Waals surface area contributed by atoms with E-state index in [9.17, 15) is 4.79 Å². The molecular formula is C19H27N7O. The van der Waals surface area contributed by atoms with E-state index in [-0.39, 0.29) is 6.03 Å². The van der Waals surface area contributed by atoms with Crippen molar-refractivity contribution in [2.24, 2.45) is 0 Å². The van der Waals surface area contributed by atoms with Crippen molar-refractivity contribution >= 4 is 12.0 Å². The first-order valence-electron chi connectivity index (χ1n) is 9.26. The summed E-state index contributed by atoms with van der Waals surface area (Å²) in [6.45, 7) is 7.66. The molecule has 1 aliphatic heterocycles. The van der Waals surface area contributed by atoms with Crippen LogP contribution in [0.2, 0.25) is 0 Å². The van der Waals surface area contributed by atoms with Gasteiger partial charge < -0.3 is 15.1 Å². The van der Waals surface area contributed by atoms with E-state index in [1.54, 1.807) is 24.3 Å². The fraction of sp³-hybridized carbons (Fsp3) is 0.474. The van der Waals surface area contributed by atoms with Gasteiger partial charge in [-0.2, -0.15) is 0 Å². The molecular weight excluding hydrogens is 342 g/mol. The Morgan fingerprint density at radius 1 is 1.15 bits per heavy atom. The molecule has 0 unspecified atom stereocenters. The van der Waals surface area contributed by atoms with Gasteiger partial charge in [0.25, 0.3) is 0 Å². The average molecular weight is 369 g/mol. The first-order valence-corrected chi connectivity index (χ1v) is 9.26. The Morgan fingerprint density at radius 2 is 1.89 bits per heavy atom. The fourth-order valence-corrected chi connectivity index (χ4v) is 2.99. The van der Waals surface area contributed by atoms with E-state index in [2.05, 4.69) is 30.1 Å². The van der Waals surface area contributed by atoms with Crippen LogP contribution in [0.15, 0.2) is 36.8 Å². The Bertz CT molecular complexity index is 715. The lowest BCUT2D eigenvalue weighted by atomic mass is 10.3. The molecule has 144 valence electrons. The van der Waals surface area contributed by atoms with Gasteiger partial charge in [-0.15, -0.1) is 0 Å². The maximum Gasteiger partial charge on any atom is 0.317 e. The molecule has 8 heteroatoms. The SMILES string of the molecule is Cc1ccc(CN(C)C(=O)NCCN2CCN(c3ncccn3)CC2)nc1. The van der Waals surface area contributed by atoms with Crippen LogP contribution >= 0.6 is 0 Å². The molecule has 3 rings (SSSR count). The van der Waals surface area contributed by atoms with Crippen molar-refractivity contribution in [3.63, 3.8) is 0 Å². The first kappa shape index (κ1) is 19.0. The summed E-state index contributed by atoms with van der Waals surface area (Å²) in [7, 11) is 1.79. The predicted molar refractivity (Wildman–Crippen MR) is 105 cm³/mol. The number of aryl methyl sites for hydroxylation is 1. The number of pyridine rings is 1. The van der Waals surface area contributed by atoms with Gasteiger partial charge in [0.05, 0.1) is 12.2 Å². The molecule has 1 aliphatic rings. The van der Waals surface area contributed by atoms with E-state index in [4.69, 9.17) is 0 Å². The third-order valence-corrected chi connectivity index (χ3v) is 4.63. The second-order valence-corrected chi connectivity index (χ2v) is 6.79. The van der Waals surface area contributed by atoms with Crippen molar-refractivity contribution < 1.29 is 4.79 Å². The molecule has 27 heavy (non-hydrogen) atoms. The van der Waals surface area contributed by atoms with Crippen LogP contribution in [-0.2, 0) is 6.54 Å². The molecule has 0 aliphatic carbocycles. The zero-order chi connectivity index (χ0) is 19.1. The molecule has 2 amide bonds. The lowest BCUT2D eigenvalue weighted by molar-refractivity contribution is 0.201. The summed E-state index contributed by atoms with van der Waals surface area (Å²) in [4.78, 5) is 31.4.